The molecule has 2 aromatic carbocycles. The summed E-state index contributed by atoms with van der Waals surface area (Å²) in [5.41, 5.74) is 1.44. The van der Waals surface area contributed by atoms with Crippen LogP contribution in [0.2, 0.25) is 0 Å². The first-order valence-electron chi connectivity index (χ1n) is 9.86. The molecular formula is C22H23FN4O2S. The Balaban J connectivity index is 1.58. The molecule has 2 heterocycles. The van der Waals surface area contributed by atoms with Gasteiger partial charge in [0.25, 0.3) is 0 Å². The molecule has 0 spiro atoms. The van der Waals surface area contributed by atoms with Crippen LogP contribution in [0.5, 0.6) is 0 Å². The van der Waals surface area contributed by atoms with Crippen molar-refractivity contribution < 1.29 is 13.9 Å². The lowest BCUT2D eigenvalue weighted by Crippen LogP contribution is -2.45. The van der Waals surface area contributed by atoms with E-state index in [1.807, 2.05) is 46.7 Å². The van der Waals surface area contributed by atoms with E-state index in [2.05, 4.69) is 10.2 Å². The van der Waals surface area contributed by atoms with Crippen molar-refractivity contribution in [1.82, 2.24) is 19.7 Å². The number of benzene rings is 2. The molecule has 6 nitrogen and oxygen atoms in total. The third-order valence-electron chi connectivity index (χ3n) is 4.93. The van der Waals surface area contributed by atoms with Crippen LogP contribution in [0.15, 0.2) is 59.8 Å². The molecule has 1 aromatic heterocycles. The number of hydrogen-bond donors (Lipinski definition) is 0. The van der Waals surface area contributed by atoms with Crippen molar-refractivity contribution in [2.24, 2.45) is 0 Å². The molecule has 0 bridgehead atoms. The number of carbonyl (C=O) groups is 1. The monoisotopic (exact) mass is 426 g/mol. The van der Waals surface area contributed by atoms with Gasteiger partial charge in [0, 0.05) is 13.1 Å². The zero-order valence-corrected chi connectivity index (χ0v) is 17.5. The first-order valence-corrected chi connectivity index (χ1v) is 10.8. The molecule has 30 heavy (non-hydrogen) atoms. The molecule has 0 aliphatic carbocycles. The SMILES string of the molecule is CC1CN(C(=O)CSc2nnc(-c3ccccc3F)n2Cc2ccccc2)CCO1. The highest BCUT2D eigenvalue weighted by molar-refractivity contribution is 7.99. The number of rotatable bonds is 6. The number of thioether (sulfide) groups is 1. The second-order valence-electron chi connectivity index (χ2n) is 7.17. The van der Waals surface area contributed by atoms with Gasteiger partial charge in [-0.15, -0.1) is 10.2 Å². The van der Waals surface area contributed by atoms with E-state index in [-0.39, 0.29) is 23.6 Å². The van der Waals surface area contributed by atoms with Crippen LogP contribution >= 0.6 is 11.8 Å². The molecule has 8 heteroatoms. The predicted molar refractivity (Wildman–Crippen MR) is 114 cm³/mol. The van der Waals surface area contributed by atoms with E-state index in [0.717, 1.165) is 5.56 Å². The number of amides is 1. The van der Waals surface area contributed by atoms with Crippen molar-refractivity contribution in [2.45, 2.75) is 24.7 Å². The first-order chi connectivity index (χ1) is 14.6. The molecule has 1 saturated heterocycles. The summed E-state index contributed by atoms with van der Waals surface area (Å²) in [6.07, 6.45) is 0.0436. The van der Waals surface area contributed by atoms with Crippen LogP contribution < -0.4 is 0 Å². The molecule has 4 rings (SSSR count). The predicted octanol–water partition coefficient (Wildman–Crippen LogP) is 3.47. The molecule has 1 unspecified atom stereocenters. The Labute approximate surface area is 179 Å². The smallest absolute Gasteiger partial charge is 0.233 e. The lowest BCUT2D eigenvalue weighted by molar-refractivity contribution is -0.135. The van der Waals surface area contributed by atoms with E-state index < -0.39 is 0 Å². The third-order valence-corrected chi connectivity index (χ3v) is 5.89. The van der Waals surface area contributed by atoms with E-state index in [0.29, 0.717) is 42.8 Å². The molecule has 156 valence electrons. The van der Waals surface area contributed by atoms with Gasteiger partial charge in [-0.25, -0.2) is 4.39 Å². The Morgan fingerprint density at radius 2 is 1.93 bits per heavy atom. The Bertz CT molecular complexity index is 1010. The van der Waals surface area contributed by atoms with Crippen LogP contribution in [0.4, 0.5) is 4.39 Å². The normalized spacial score (nSPS) is 16.6. The molecule has 0 radical (unpaired) electrons. The van der Waals surface area contributed by atoms with Crippen LogP contribution in [0.1, 0.15) is 12.5 Å². The molecule has 0 saturated carbocycles. The number of hydrogen-bond acceptors (Lipinski definition) is 5. The maximum Gasteiger partial charge on any atom is 0.233 e. The second kappa shape index (κ2) is 9.40. The summed E-state index contributed by atoms with van der Waals surface area (Å²) < 4.78 is 21.8. The van der Waals surface area contributed by atoms with Gasteiger partial charge >= 0.3 is 0 Å². The van der Waals surface area contributed by atoms with Gasteiger partial charge in [0.15, 0.2) is 11.0 Å². The lowest BCUT2D eigenvalue weighted by atomic mass is 10.2. The number of aromatic nitrogens is 3. The van der Waals surface area contributed by atoms with E-state index in [4.69, 9.17) is 4.74 Å². The van der Waals surface area contributed by atoms with Gasteiger partial charge in [-0.2, -0.15) is 0 Å². The molecule has 3 aromatic rings. The number of morpholine rings is 1. The van der Waals surface area contributed by atoms with Crippen molar-refractivity contribution >= 4 is 17.7 Å². The Morgan fingerprint density at radius 3 is 2.70 bits per heavy atom. The van der Waals surface area contributed by atoms with Crippen molar-refractivity contribution in [3.05, 3.63) is 66.0 Å². The average Bonchev–Trinajstić information content (AvgIpc) is 3.15. The summed E-state index contributed by atoms with van der Waals surface area (Å²) in [4.78, 5) is 14.5. The van der Waals surface area contributed by atoms with Crippen molar-refractivity contribution in [3.63, 3.8) is 0 Å². The van der Waals surface area contributed by atoms with Crippen molar-refractivity contribution in [2.75, 3.05) is 25.4 Å². The number of halogens is 1. The zero-order valence-electron chi connectivity index (χ0n) is 16.7. The fourth-order valence-corrected chi connectivity index (χ4v) is 4.25. The van der Waals surface area contributed by atoms with E-state index in [1.54, 1.807) is 18.2 Å². The Morgan fingerprint density at radius 1 is 1.17 bits per heavy atom. The second-order valence-corrected chi connectivity index (χ2v) is 8.11. The van der Waals surface area contributed by atoms with E-state index in [1.165, 1.54) is 17.8 Å². The van der Waals surface area contributed by atoms with Crippen molar-refractivity contribution in [1.29, 1.82) is 0 Å². The van der Waals surface area contributed by atoms with Gasteiger partial charge in [-0.1, -0.05) is 54.2 Å². The molecular weight excluding hydrogens is 403 g/mol. The van der Waals surface area contributed by atoms with Crippen molar-refractivity contribution in [3.8, 4) is 11.4 Å². The molecule has 1 aliphatic heterocycles. The topological polar surface area (TPSA) is 60.2 Å². The average molecular weight is 427 g/mol. The molecule has 1 amide bonds. The minimum absolute atomic E-state index is 0.0388. The highest BCUT2D eigenvalue weighted by Crippen LogP contribution is 2.27. The number of nitrogens with zero attached hydrogens (tertiary/aromatic N) is 4. The maximum atomic E-state index is 14.4. The van der Waals surface area contributed by atoms with Gasteiger partial charge in [0.1, 0.15) is 5.82 Å². The Hall–Kier alpha value is -2.71. The number of carbonyl (C=O) groups excluding carboxylic acids is 1. The minimum atomic E-state index is -0.353. The first kappa shape index (κ1) is 20.6. The zero-order chi connectivity index (χ0) is 20.9. The van der Waals surface area contributed by atoms with Gasteiger partial charge < -0.3 is 9.64 Å². The highest BCUT2D eigenvalue weighted by atomic mass is 32.2. The van der Waals surface area contributed by atoms with Crippen LogP contribution in [-0.2, 0) is 16.1 Å². The largest absolute Gasteiger partial charge is 0.375 e. The quantitative estimate of drug-likeness (QED) is 0.565. The van der Waals surface area contributed by atoms with Gasteiger partial charge in [0.05, 0.1) is 30.6 Å². The van der Waals surface area contributed by atoms with Crippen LogP contribution in [0.25, 0.3) is 11.4 Å². The van der Waals surface area contributed by atoms with E-state index >= 15 is 0 Å². The van der Waals surface area contributed by atoms with Crippen LogP contribution in [0.3, 0.4) is 0 Å². The molecule has 1 atom stereocenters. The summed E-state index contributed by atoms with van der Waals surface area (Å²) >= 11 is 1.33. The maximum absolute atomic E-state index is 14.4. The van der Waals surface area contributed by atoms with E-state index in [9.17, 15) is 9.18 Å². The van der Waals surface area contributed by atoms with Gasteiger partial charge in [-0.3, -0.25) is 9.36 Å². The number of ether oxygens (including phenoxy) is 1. The minimum Gasteiger partial charge on any atom is -0.375 e. The standard InChI is InChI=1S/C22H23FN4O2S/c1-16-13-26(11-12-29-16)20(28)15-30-22-25-24-21(18-9-5-6-10-19(18)23)27(22)14-17-7-3-2-4-8-17/h2-10,16H,11-15H2,1H3. The van der Waals surface area contributed by atoms with Crippen LogP contribution in [0, 0.1) is 5.82 Å². The lowest BCUT2D eigenvalue weighted by Gasteiger charge is -2.31. The molecule has 1 fully saturated rings. The van der Waals surface area contributed by atoms with Gasteiger partial charge in [0.2, 0.25) is 5.91 Å². The van der Waals surface area contributed by atoms with Crippen LogP contribution in [-0.4, -0.2) is 57.1 Å². The fourth-order valence-electron chi connectivity index (χ4n) is 3.41. The summed E-state index contributed by atoms with van der Waals surface area (Å²) in [7, 11) is 0. The highest BCUT2D eigenvalue weighted by Gasteiger charge is 2.23. The molecule has 0 N–H and O–H groups in total. The third kappa shape index (κ3) is 4.71. The fraction of sp³-hybridized carbons (Fsp3) is 0.318. The summed E-state index contributed by atoms with van der Waals surface area (Å²) in [6.45, 7) is 4.20. The summed E-state index contributed by atoms with van der Waals surface area (Å²) in [5.74, 6) is 0.384. The summed E-state index contributed by atoms with van der Waals surface area (Å²) in [5, 5.41) is 9.12. The Kier molecular flexibility index (Phi) is 6.44. The van der Waals surface area contributed by atoms with Gasteiger partial charge in [-0.05, 0) is 24.6 Å². The molecule has 1 aliphatic rings. The summed E-state index contributed by atoms with van der Waals surface area (Å²) in [6, 6.07) is 16.4.